The highest BCUT2D eigenvalue weighted by Crippen LogP contribution is 2.62. The van der Waals surface area contributed by atoms with E-state index in [1.807, 2.05) is 30.3 Å². The van der Waals surface area contributed by atoms with Crippen molar-refractivity contribution in [3.63, 3.8) is 0 Å². The maximum absolute atomic E-state index is 14.3. The number of unbranched alkanes of at least 4 members (excludes halogenated alkanes) is 2. The van der Waals surface area contributed by atoms with Gasteiger partial charge in [0.15, 0.2) is 0 Å². The smallest absolute Gasteiger partial charge is 0.417 e. The van der Waals surface area contributed by atoms with Crippen LogP contribution in [0.15, 0.2) is 120 Å². The number of nitrogens with zero attached hydrogens (tertiary/aromatic N) is 3. The monoisotopic (exact) mass is 948 g/mol. The average Bonchev–Trinajstić information content (AvgIpc) is 3.36. The van der Waals surface area contributed by atoms with Crippen LogP contribution >= 0.6 is 0 Å². The van der Waals surface area contributed by atoms with E-state index in [-0.39, 0.29) is 62.7 Å². The van der Waals surface area contributed by atoms with Crippen LogP contribution in [-0.4, -0.2) is 90.9 Å². The second-order valence-corrected chi connectivity index (χ2v) is 17.2. The summed E-state index contributed by atoms with van der Waals surface area (Å²) in [6.07, 6.45) is 6.50. The van der Waals surface area contributed by atoms with Gasteiger partial charge in [0.2, 0.25) is 5.79 Å². The fourth-order valence-corrected chi connectivity index (χ4v) is 9.78. The Morgan fingerprint density at radius 3 is 2.35 bits per heavy atom. The number of nitro groups is 1. The van der Waals surface area contributed by atoms with Crippen LogP contribution in [0.3, 0.4) is 0 Å². The molecule has 4 aromatic carbocycles. The molecule has 0 saturated heterocycles. The normalized spacial score (nSPS) is 21.6. The largest absolute Gasteiger partial charge is 0.497 e. The number of anilines is 1. The van der Waals surface area contributed by atoms with Gasteiger partial charge in [0, 0.05) is 56.4 Å². The van der Waals surface area contributed by atoms with Gasteiger partial charge in [-0.25, -0.2) is 9.59 Å². The summed E-state index contributed by atoms with van der Waals surface area (Å²) in [7, 11) is 4.66. The van der Waals surface area contributed by atoms with Gasteiger partial charge in [0.25, 0.3) is 5.69 Å². The molecule has 1 heterocycles. The molecular weight excluding hydrogens is 889 g/mol. The SMILES string of the molecule is C=CCOC12Oc3ccc(OC(=O)Nc4ccc(OC)cc4OC)cc3C3C(CCCCO)C(CCCCO)C=C(C(=NOCc4ccc([N+](=O)[O-])cc4)CC1N(C)C(=O)OCc1ccccc1)C32. The predicted octanol–water partition coefficient (Wildman–Crippen LogP) is 9.33. The summed E-state index contributed by atoms with van der Waals surface area (Å²) >= 11 is 0. The Balaban J connectivity index is 1.35. The number of aliphatic hydroxyl groups excluding tert-OH is 2. The van der Waals surface area contributed by atoms with Crippen molar-refractivity contribution in [3.8, 4) is 23.0 Å². The molecule has 1 aliphatic heterocycles. The fraction of sp³-hybridized carbons (Fsp3) is 0.404. The number of likely N-dealkylation sites (N-methyl/N-ethyl adjacent to an activating group) is 1. The number of rotatable bonds is 22. The van der Waals surface area contributed by atoms with Crippen molar-refractivity contribution in [3.05, 3.63) is 142 Å². The van der Waals surface area contributed by atoms with Gasteiger partial charge in [-0.1, -0.05) is 60.5 Å². The van der Waals surface area contributed by atoms with Gasteiger partial charge in [-0.3, -0.25) is 15.4 Å². The summed E-state index contributed by atoms with van der Waals surface area (Å²) in [5.41, 5.74) is 3.82. The minimum Gasteiger partial charge on any atom is -0.497 e. The number of ether oxygens (including phenoxy) is 6. The molecule has 17 heteroatoms. The van der Waals surface area contributed by atoms with Crippen LogP contribution in [0.2, 0.25) is 0 Å². The van der Waals surface area contributed by atoms with E-state index >= 15 is 0 Å². The van der Waals surface area contributed by atoms with Crippen LogP contribution < -0.4 is 24.3 Å². The molecule has 3 aliphatic rings. The number of nitrogens with one attached hydrogen (secondary N) is 1. The number of nitro benzene ring substituents is 1. The number of fused-ring (bicyclic) bond motifs is 2. The summed E-state index contributed by atoms with van der Waals surface area (Å²) in [6, 6.07) is 24.7. The summed E-state index contributed by atoms with van der Waals surface area (Å²) in [6.45, 7) is 4.07. The number of carbonyl (C=O) groups excluding carboxylic acids is 2. The Morgan fingerprint density at radius 1 is 0.928 bits per heavy atom. The zero-order chi connectivity index (χ0) is 48.9. The lowest BCUT2D eigenvalue weighted by Gasteiger charge is -2.59. The highest BCUT2D eigenvalue weighted by atomic mass is 16.7. The second-order valence-electron chi connectivity index (χ2n) is 17.2. The number of non-ortho nitro benzene ring substituents is 1. The molecule has 366 valence electrons. The minimum absolute atomic E-state index is 0.00515. The lowest BCUT2D eigenvalue weighted by Crippen LogP contribution is -2.69. The van der Waals surface area contributed by atoms with Crippen molar-refractivity contribution in [1.82, 2.24) is 4.90 Å². The van der Waals surface area contributed by atoms with Gasteiger partial charge in [-0.05, 0) is 96.7 Å². The van der Waals surface area contributed by atoms with Gasteiger partial charge in [0.05, 0.1) is 43.1 Å². The van der Waals surface area contributed by atoms with Gasteiger partial charge in [-0.15, -0.1) is 6.58 Å². The number of benzene rings is 4. The first kappa shape index (κ1) is 49.9. The Labute approximate surface area is 401 Å². The average molecular weight is 949 g/mol. The molecule has 2 amide bonds. The van der Waals surface area contributed by atoms with Crippen molar-refractivity contribution in [2.24, 2.45) is 22.9 Å². The number of oxime groups is 1. The Morgan fingerprint density at radius 2 is 1.65 bits per heavy atom. The number of hydrogen-bond donors (Lipinski definition) is 3. The highest BCUT2D eigenvalue weighted by molar-refractivity contribution is 6.03. The Kier molecular flexibility index (Phi) is 16.9. The first-order valence-electron chi connectivity index (χ1n) is 23.1. The molecule has 6 unspecified atom stereocenters. The first-order valence-corrected chi connectivity index (χ1v) is 23.1. The second kappa shape index (κ2) is 23.4. The predicted molar refractivity (Wildman–Crippen MR) is 256 cm³/mol. The van der Waals surface area contributed by atoms with Crippen LogP contribution in [0.4, 0.5) is 21.0 Å². The molecule has 0 radical (unpaired) electrons. The van der Waals surface area contributed by atoms with Crippen molar-refractivity contribution in [2.45, 2.75) is 75.9 Å². The van der Waals surface area contributed by atoms with Crippen molar-refractivity contribution in [1.29, 1.82) is 0 Å². The molecule has 3 N–H and O–H groups in total. The molecule has 69 heavy (non-hydrogen) atoms. The van der Waals surface area contributed by atoms with E-state index in [1.54, 1.807) is 61.7 Å². The highest BCUT2D eigenvalue weighted by Gasteiger charge is 2.65. The third kappa shape index (κ3) is 11.5. The van der Waals surface area contributed by atoms with E-state index in [1.165, 1.54) is 31.3 Å². The Hall–Kier alpha value is -6.95. The van der Waals surface area contributed by atoms with Crippen molar-refractivity contribution >= 4 is 29.3 Å². The maximum atomic E-state index is 14.3. The summed E-state index contributed by atoms with van der Waals surface area (Å²) in [4.78, 5) is 46.4. The molecule has 2 aliphatic carbocycles. The third-order valence-corrected chi connectivity index (χ3v) is 13.0. The lowest BCUT2D eigenvalue weighted by molar-refractivity contribution is -0.384. The zero-order valence-corrected chi connectivity index (χ0v) is 39.1. The molecule has 0 spiro atoms. The van der Waals surface area contributed by atoms with Gasteiger partial charge < -0.3 is 48.4 Å². The van der Waals surface area contributed by atoms with Crippen molar-refractivity contribution in [2.75, 3.05) is 46.4 Å². The standard InChI is InChI=1S/C52H60N4O13/c1-5-27-66-52-47(55(2)51(60)65-32-34-13-7-6-8-14-34)31-44(54-67-33-35-17-19-37(20-18-35)56(61)62)41-28-36(15-9-11-25-57)40(16-10-12-26-58)48(49(41)52)42-29-39(22-24-45(42)69-52)68-50(59)53-43-23-21-38(63-3)30-46(43)64-4/h5-8,13-14,17-24,28-30,36,40,47-49,57-58H,1,9-12,15-16,25-27,31-33H2,2-4H3,(H,53,59). The summed E-state index contributed by atoms with van der Waals surface area (Å²) in [5, 5.41) is 38.9. The maximum Gasteiger partial charge on any atom is 0.417 e. The van der Waals surface area contributed by atoms with Crippen LogP contribution in [-0.2, 0) is 27.5 Å². The van der Waals surface area contributed by atoms with Crippen molar-refractivity contribution < 1.29 is 58.0 Å². The van der Waals surface area contributed by atoms with E-state index in [9.17, 15) is 29.9 Å². The molecule has 0 bridgehead atoms. The zero-order valence-electron chi connectivity index (χ0n) is 39.1. The number of hydrogen-bond acceptors (Lipinski definition) is 14. The quantitative estimate of drug-likeness (QED) is 0.0291. The number of methoxy groups -OCH3 is 2. The fourth-order valence-electron chi connectivity index (χ4n) is 9.78. The molecule has 0 aromatic heterocycles. The number of amides is 2. The van der Waals surface area contributed by atoms with E-state index in [2.05, 4.69) is 18.0 Å². The number of aliphatic hydroxyl groups is 2. The molecule has 7 rings (SSSR count). The van der Waals surface area contributed by atoms with E-state index < -0.39 is 40.8 Å². The molecule has 6 atom stereocenters. The topological polar surface area (TPSA) is 210 Å². The van der Waals surface area contributed by atoms with Gasteiger partial charge in [0.1, 0.15) is 42.3 Å². The Bertz CT molecular complexity index is 2480. The van der Waals surface area contributed by atoms with E-state index in [0.717, 1.165) is 23.1 Å². The lowest BCUT2D eigenvalue weighted by atomic mass is 9.55. The number of carbonyl (C=O) groups is 2. The minimum atomic E-state index is -1.56. The van der Waals surface area contributed by atoms with Gasteiger partial charge in [-0.2, -0.15) is 0 Å². The van der Waals surface area contributed by atoms with E-state index in [4.69, 9.17) is 38.4 Å². The van der Waals surface area contributed by atoms with Crippen LogP contribution in [0.5, 0.6) is 23.0 Å². The molecule has 1 saturated carbocycles. The summed E-state index contributed by atoms with van der Waals surface area (Å²) < 4.78 is 36.9. The van der Waals surface area contributed by atoms with Crippen LogP contribution in [0, 0.1) is 27.9 Å². The first-order chi connectivity index (χ1) is 33.5. The molecule has 1 fully saturated rings. The summed E-state index contributed by atoms with van der Waals surface area (Å²) in [5.74, 6) is -1.21. The third-order valence-electron chi connectivity index (χ3n) is 13.0. The van der Waals surface area contributed by atoms with Crippen LogP contribution in [0.1, 0.15) is 67.6 Å². The molecular formula is C52H60N4O13. The number of allylic oxidation sites excluding steroid dienone is 1. The van der Waals surface area contributed by atoms with E-state index in [0.29, 0.717) is 66.3 Å². The molecule has 17 nitrogen and oxygen atoms in total. The van der Waals surface area contributed by atoms with Crippen LogP contribution in [0.25, 0.3) is 0 Å². The van der Waals surface area contributed by atoms with Gasteiger partial charge >= 0.3 is 12.2 Å². The molecule has 4 aromatic rings.